The number of aromatic nitrogens is 2. The normalized spacial score (nSPS) is 13.2. The van der Waals surface area contributed by atoms with Crippen LogP contribution in [0.5, 0.6) is 0 Å². The van der Waals surface area contributed by atoms with Crippen LogP contribution < -0.4 is 11.1 Å². The van der Waals surface area contributed by atoms with Crippen LogP contribution in [0.15, 0.2) is 12.4 Å². The topological polar surface area (TPSA) is 80.9 Å². The second-order valence-electron chi connectivity index (χ2n) is 4.89. The number of nitrogens with one attached hydrogen (secondary N) is 1. The van der Waals surface area contributed by atoms with Gasteiger partial charge in [-0.1, -0.05) is 20.8 Å². The number of anilines is 1. The maximum Gasteiger partial charge on any atom is 0.271 e. The van der Waals surface area contributed by atoms with Crippen LogP contribution in [0.25, 0.3) is 0 Å². The number of hydrogen-bond acceptors (Lipinski definition) is 4. The maximum atomic E-state index is 11.8. The zero-order chi connectivity index (χ0) is 12.3. The molecule has 0 saturated heterocycles. The molecule has 5 heteroatoms. The summed E-state index contributed by atoms with van der Waals surface area (Å²) in [6, 6.07) is 0.0447. The van der Waals surface area contributed by atoms with Gasteiger partial charge < -0.3 is 11.1 Å². The number of carbonyl (C=O) groups excluding carboxylic acids is 1. The Morgan fingerprint density at radius 1 is 1.44 bits per heavy atom. The van der Waals surface area contributed by atoms with Crippen molar-refractivity contribution in [3.05, 3.63) is 18.1 Å². The van der Waals surface area contributed by atoms with Gasteiger partial charge in [0.2, 0.25) is 0 Å². The highest BCUT2D eigenvalue weighted by atomic mass is 16.1. The molecule has 1 unspecified atom stereocenters. The summed E-state index contributed by atoms with van der Waals surface area (Å²) in [6.07, 6.45) is 2.81. The summed E-state index contributed by atoms with van der Waals surface area (Å²) < 4.78 is 0. The van der Waals surface area contributed by atoms with Crippen molar-refractivity contribution in [1.82, 2.24) is 15.3 Å². The molecule has 0 saturated carbocycles. The molecule has 1 aromatic heterocycles. The van der Waals surface area contributed by atoms with Crippen LogP contribution in [0.1, 0.15) is 38.2 Å². The van der Waals surface area contributed by atoms with E-state index < -0.39 is 0 Å². The fraction of sp³-hybridized carbons (Fsp3) is 0.545. The Bertz CT molecular complexity index is 384. The van der Waals surface area contributed by atoms with Crippen molar-refractivity contribution >= 4 is 11.7 Å². The SMILES string of the molecule is CC(NC(=O)c1cncc(N)n1)C(C)(C)C. The summed E-state index contributed by atoms with van der Waals surface area (Å²) in [5, 5.41) is 2.87. The second-order valence-corrected chi connectivity index (χ2v) is 4.89. The Hall–Kier alpha value is -1.65. The van der Waals surface area contributed by atoms with Gasteiger partial charge in [-0.2, -0.15) is 0 Å². The Kier molecular flexibility index (Phi) is 3.47. The van der Waals surface area contributed by atoms with E-state index in [-0.39, 0.29) is 28.9 Å². The van der Waals surface area contributed by atoms with E-state index in [9.17, 15) is 4.79 Å². The molecule has 0 bridgehead atoms. The van der Waals surface area contributed by atoms with E-state index in [1.807, 2.05) is 6.92 Å². The molecular formula is C11H18N4O. The highest BCUT2D eigenvalue weighted by Crippen LogP contribution is 2.18. The molecule has 0 aromatic carbocycles. The molecule has 1 heterocycles. The molecule has 0 spiro atoms. The van der Waals surface area contributed by atoms with E-state index in [4.69, 9.17) is 5.73 Å². The maximum absolute atomic E-state index is 11.8. The molecule has 1 aromatic rings. The lowest BCUT2D eigenvalue weighted by molar-refractivity contribution is 0.0904. The molecule has 1 atom stereocenters. The first-order chi connectivity index (χ1) is 7.30. The first-order valence-corrected chi connectivity index (χ1v) is 5.19. The Morgan fingerprint density at radius 2 is 2.06 bits per heavy atom. The molecule has 1 rings (SSSR count). The fourth-order valence-corrected chi connectivity index (χ4v) is 0.978. The van der Waals surface area contributed by atoms with Gasteiger partial charge in [-0.3, -0.25) is 9.78 Å². The number of rotatable bonds is 2. The predicted octanol–water partition coefficient (Wildman–Crippen LogP) is 1.22. The molecule has 1 amide bonds. The molecule has 0 aliphatic carbocycles. The summed E-state index contributed by atoms with van der Waals surface area (Å²) in [5.74, 6) is -0.00159. The number of nitrogens with zero attached hydrogens (tertiary/aromatic N) is 2. The van der Waals surface area contributed by atoms with Gasteiger partial charge in [0.25, 0.3) is 5.91 Å². The minimum atomic E-state index is -0.248. The standard InChI is InChI=1S/C11H18N4O/c1-7(11(2,3)4)14-10(16)8-5-13-6-9(12)15-8/h5-7H,1-4H3,(H2,12,15)(H,14,16). The first kappa shape index (κ1) is 12.4. The van der Waals surface area contributed by atoms with Crippen LogP contribution >= 0.6 is 0 Å². The van der Waals surface area contributed by atoms with E-state index >= 15 is 0 Å². The molecule has 88 valence electrons. The second kappa shape index (κ2) is 4.47. The minimum Gasteiger partial charge on any atom is -0.382 e. The largest absolute Gasteiger partial charge is 0.382 e. The van der Waals surface area contributed by atoms with E-state index in [2.05, 4.69) is 36.1 Å². The minimum absolute atomic E-state index is 0.00339. The van der Waals surface area contributed by atoms with Crippen LogP contribution in [0.2, 0.25) is 0 Å². The third-order valence-electron chi connectivity index (χ3n) is 2.53. The van der Waals surface area contributed by atoms with Crippen LogP contribution in [-0.4, -0.2) is 21.9 Å². The summed E-state index contributed by atoms with van der Waals surface area (Å²) >= 11 is 0. The summed E-state index contributed by atoms with van der Waals surface area (Å²) in [4.78, 5) is 19.5. The quantitative estimate of drug-likeness (QED) is 0.788. The lowest BCUT2D eigenvalue weighted by Gasteiger charge is -2.27. The van der Waals surface area contributed by atoms with Crippen molar-refractivity contribution in [2.75, 3.05) is 5.73 Å². The van der Waals surface area contributed by atoms with E-state index in [1.165, 1.54) is 12.4 Å². The average molecular weight is 222 g/mol. The van der Waals surface area contributed by atoms with Gasteiger partial charge in [0.1, 0.15) is 11.5 Å². The summed E-state index contributed by atoms with van der Waals surface area (Å²) in [6.45, 7) is 8.13. The van der Waals surface area contributed by atoms with E-state index in [0.29, 0.717) is 0 Å². The van der Waals surface area contributed by atoms with Crippen LogP contribution in [0, 0.1) is 5.41 Å². The van der Waals surface area contributed by atoms with Crippen molar-refractivity contribution in [1.29, 1.82) is 0 Å². The van der Waals surface area contributed by atoms with E-state index in [1.54, 1.807) is 0 Å². The zero-order valence-corrected chi connectivity index (χ0v) is 10.1. The Morgan fingerprint density at radius 3 is 2.56 bits per heavy atom. The summed E-state index contributed by atoms with van der Waals surface area (Å²) in [7, 11) is 0. The molecule has 3 N–H and O–H groups in total. The van der Waals surface area contributed by atoms with Crippen LogP contribution in [0.4, 0.5) is 5.82 Å². The van der Waals surface area contributed by atoms with Crippen molar-refractivity contribution in [2.24, 2.45) is 5.41 Å². The first-order valence-electron chi connectivity index (χ1n) is 5.19. The smallest absolute Gasteiger partial charge is 0.271 e. The lowest BCUT2D eigenvalue weighted by atomic mass is 9.88. The third kappa shape index (κ3) is 3.18. The molecule has 0 radical (unpaired) electrons. The molecule has 0 aliphatic heterocycles. The average Bonchev–Trinajstić information content (AvgIpc) is 2.16. The molecular weight excluding hydrogens is 204 g/mol. The zero-order valence-electron chi connectivity index (χ0n) is 10.1. The number of carbonyl (C=O) groups is 1. The number of hydrogen-bond donors (Lipinski definition) is 2. The molecule has 5 nitrogen and oxygen atoms in total. The van der Waals surface area contributed by atoms with Gasteiger partial charge in [-0.15, -0.1) is 0 Å². The molecule has 0 aliphatic rings. The number of amides is 1. The summed E-state index contributed by atoms with van der Waals surface area (Å²) in [5.41, 5.74) is 5.71. The van der Waals surface area contributed by atoms with Crippen molar-refractivity contribution in [3.63, 3.8) is 0 Å². The number of nitrogens with two attached hydrogens (primary N) is 1. The van der Waals surface area contributed by atoms with Crippen molar-refractivity contribution in [2.45, 2.75) is 33.7 Å². The van der Waals surface area contributed by atoms with Gasteiger partial charge in [0.15, 0.2) is 0 Å². The van der Waals surface area contributed by atoms with Gasteiger partial charge in [0.05, 0.1) is 12.4 Å². The molecule has 0 fully saturated rings. The van der Waals surface area contributed by atoms with Gasteiger partial charge >= 0.3 is 0 Å². The molecule has 16 heavy (non-hydrogen) atoms. The van der Waals surface area contributed by atoms with E-state index in [0.717, 1.165) is 0 Å². The van der Waals surface area contributed by atoms with Crippen LogP contribution in [-0.2, 0) is 0 Å². The van der Waals surface area contributed by atoms with Gasteiger partial charge in [-0.25, -0.2) is 4.98 Å². The highest BCUT2D eigenvalue weighted by Gasteiger charge is 2.22. The number of nitrogen functional groups attached to an aromatic ring is 1. The van der Waals surface area contributed by atoms with Crippen LogP contribution in [0.3, 0.4) is 0 Å². The predicted molar refractivity (Wildman–Crippen MR) is 62.8 cm³/mol. The van der Waals surface area contributed by atoms with Gasteiger partial charge in [0, 0.05) is 6.04 Å². The van der Waals surface area contributed by atoms with Crippen molar-refractivity contribution < 1.29 is 4.79 Å². The lowest BCUT2D eigenvalue weighted by Crippen LogP contribution is -2.41. The third-order valence-corrected chi connectivity index (χ3v) is 2.53. The van der Waals surface area contributed by atoms with Crippen molar-refractivity contribution in [3.8, 4) is 0 Å². The monoisotopic (exact) mass is 222 g/mol. The Labute approximate surface area is 95.5 Å². The van der Waals surface area contributed by atoms with Gasteiger partial charge in [-0.05, 0) is 12.3 Å². The fourth-order valence-electron chi connectivity index (χ4n) is 0.978. The Balaban J connectivity index is 2.74. The highest BCUT2D eigenvalue weighted by molar-refractivity contribution is 5.92.